The lowest BCUT2D eigenvalue weighted by Gasteiger charge is -2.40. The number of nitrogens with zero attached hydrogens (tertiary/aromatic N) is 4. The molecule has 0 aliphatic carbocycles. The molecule has 4 rings (SSSR count). The number of likely N-dealkylation sites (N-methyl/N-ethyl adjacent to an activating group) is 1. The van der Waals surface area contributed by atoms with Crippen LogP contribution in [0.25, 0.3) is 0 Å². The lowest BCUT2D eigenvalue weighted by Crippen LogP contribution is -2.49. The van der Waals surface area contributed by atoms with Gasteiger partial charge < -0.3 is 15.4 Å². The standard InChI is InChI=1S/C19H23ClN6O5S/c1-10-6-22-16(25-15(10)13-9-32(29,30)4-3-21-13)18(27)24-12-8-31-14-5-11(20)7-23-17(14)26(2)19(12)28/h5-7,12-13,21,29-30H,3-4,8-9H2,1-2H3,(H,24,27). The van der Waals surface area contributed by atoms with Crippen molar-refractivity contribution in [3.8, 4) is 5.75 Å². The maximum atomic E-state index is 12.9. The van der Waals surface area contributed by atoms with Gasteiger partial charge in [0.2, 0.25) is 5.82 Å². The lowest BCUT2D eigenvalue weighted by atomic mass is 10.1. The van der Waals surface area contributed by atoms with Gasteiger partial charge in [-0.2, -0.15) is 10.6 Å². The molecule has 2 aliphatic heterocycles. The van der Waals surface area contributed by atoms with E-state index in [1.54, 1.807) is 13.0 Å². The summed E-state index contributed by atoms with van der Waals surface area (Å²) in [6.07, 6.45) is 2.90. The summed E-state index contributed by atoms with van der Waals surface area (Å²) in [7, 11) is -1.17. The minimum absolute atomic E-state index is 0.111. The van der Waals surface area contributed by atoms with E-state index < -0.39 is 34.5 Å². The molecule has 4 N–H and O–H groups in total. The Morgan fingerprint density at radius 3 is 2.91 bits per heavy atom. The summed E-state index contributed by atoms with van der Waals surface area (Å²) in [6, 6.07) is 0.144. The zero-order valence-electron chi connectivity index (χ0n) is 17.4. The van der Waals surface area contributed by atoms with Crippen LogP contribution in [-0.4, -0.2) is 73.6 Å². The first-order valence-corrected chi connectivity index (χ1v) is 12.1. The number of nitrogens with one attached hydrogen (secondary N) is 2. The summed E-state index contributed by atoms with van der Waals surface area (Å²) < 4.78 is 25.8. The monoisotopic (exact) mass is 482 g/mol. The molecule has 2 aliphatic rings. The second-order valence-corrected chi connectivity index (χ2v) is 10.4. The minimum atomic E-state index is -2.70. The minimum Gasteiger partial charge on any atom is -0.487 e. The number of carbonyl (C=O) groups is 2. The highest BCUT2D eigenvalue weighted by Crippen LogP contribution is 2.44. The number of hydrogen-bond acceptors (Lipinski definition) is 9. The van der Waals surface area contributed by atoms with Crippen LogP contribution in [0, 0.1) is 6.92 Å². The van der Waals surface area contributed by atoms with Crippen LogP contribution in [0.15, 0.2) is 18.5 Å². The van der Waals surface area contributed by atoms with Gasteiger partial charge in [-0.3, -0.25) is 23.6 Å². The maximum Gasteiger partial charge on any atom is 0.289 e. The van der Waals surface area contributed by atoms with Crippen LogP contribution in [-0.2, 0) is 4.79 Å². The highest BCUT2D eigenvalue weighted by molar-refractivity contribution is 8.24. The van der Waals surface area contributed by atoms with Crippen molar-refractivity contribution in [1.29, 1.82) is 0 Å². The number of hydrogen-bond donors (Lipinski definition) is 4. The molecule has 0 spiro atoms. The molecule has 1 fully saturated rings. The van der Waals surface area contributed by atoms with Crippen molar-refractivity contribution in [2.45, 2.75) is 19.0 Å². The molecular formula is C19H23ClN6O5S. The van der Waals surface area contributed by atoms with Crippen LogP contribution in [0.2, 0.25) is 5.02 Å². The molecule has 13 heteroatoms. The molecule has 32 heavy (non-hydrogen) atoms. The van der Waals surface area contributed by atoms with Gasteiger partial charge in [-0.25, -0.2) is 15.0 Å². The predicted molar refractivity (Wildman–Crippen MR) is 120 cm³/mol. The van der Waals surface area contributed by atoms with Crippen molar-refractivity contribution in [2.75, 3.05) is 36.6 Å². The maximum absolute atomic E-state index is 12.9. The summed E-state index contributed by atoms with van der Waals surface area (Å²) in [4.78, 5) is 39.6. The van der Waals surface area contributed by atoms with Gasteiger partial charge in [-0.05, 0) is 12.5 Å². The zero-order chi connectivity index (χ0) is 23.0. The normalized spacial score (nSPS) is 23.5. The van der Waals surface area contributed by atoms with Crippen LogP contribution in [0.4, 0.5) is 5.82 Å². The number of ether oxygens (including phenoxy) is 1. The number of halogens is 1. The molecule has 172 valence electrons. The SMILES string of the molecule is Cc1cnc(C(=O)NC2COc3cc(Cl)cnc3N(C)C2=O)nc1C1CS(O)(O)CCN1. The third-order valence-electron chi connectivity index (χ3n) is 5.25. The Morgan fingerprint density at radius 1 is 1.38 bits per heavy atom. The Balaban J connectivity index is 1.52. The van der Waals surface area contributed by atoms with Gasteiger partial charge >= 0.3 is 0 Å². The molecule has 0 saturated carbocycles. The van der Waals surface area contributed by atoms with Gasteiger partial charge in [0.25, 0.3) is 11.8 Å². The van der Waals surface area contributed by atoms with Crippen LogP contribution < -0.4 is 20.3 Å². The van der Waals surface area contributed by atoms with Gasteiger partial charge in [-0.15, -0.1) is 0 Å². The van der Waals surface area contributed by atoms with Crippen LogP contribution in [0.1, 0.15) is 27.9 Å². The summed E-state index contributed by atoms with van der Waals surface area (Å²) in [5.74, 6) is -0.176. The Kier molecular flexibility index (Phi) is 6.23. The molecule has 4 heterocycles. The number of fused-ring (bicyclic) bond motifs is 1. The fraction of sp³-hybridized carbons (Fsp3) is 0.421. The molecule has 0 aromatic carbocycles. The molecule has 2 unspecified atom stereocenters. The number of amides is 2. The molecule has 2 aromatic heterocycles. The fourth-order valence-electron chi connectivity index (χ4n) is 3.58. The van der Waals surface area contributed by atoms with Gasteiger partial charge in [-0.1, -0.05) is 11.6 Å². The average molecular weight is 483 g/mol. The highest BCUT2D eigenvalue weighted by Gasteiger charge is 2.33. The quantitative estimate of drug-likeness (QED) is 0.508. The number of pyridine rings is 1. The first-order valence-electron chi connectivity index (χ1n) is 9.82. The number of aromatic nitrogens is 3. The van der Waals surface area contributed by atoms with Crippen molar-refractivity contribution in [3.63, 3.8) is 0 Å². The van der Waals surface area contributed by atoms with Crippen LogP contribution in [0.5, 0.6) is 5.75 Å². The number of rotatable bonds is 3. The Labute approximate surface area is 190 Å². The Morgan fingerprint density at radius 2 is 2.16 bits per heavy atom. The van der Waals surface area contributed by atoms with Gasteiger partial charge in [0.1, 0.15) is 12.6 Å². The molecule has 2 atom stereocenters. The molecule has 1 saturated heterocycles. The molecule has 0 radical (unpaired) electrons. The average Bonchev–Trinajstić information content (AvgIpc) is 2.85. The van der Waals surface area contributed by atoms with Crippen molar-refractivity contribution in [3.05, 3.63) is 40.6 Å². The Hall–Kier alpha value is -2.51. The lowest BCUT2D eigenvalue weighted by molar-refractivity contribution is -0.120. The van der Waals surface area contributed by atoms with E-state index in [1.165, 1.54) is 24.3 Å². The zero-order valence-corrected chi connectivity index (χ0v) is 19.0. The van der Waals surface area contributed by atoms with Crippen LogP contribution >= 0.6 is 22.2 Å². The number of anilines is 1. The predicted octanol–water partition coefficient (Wildman–Crippen LogP) is 1.38. The van der Waals surface area contributed by atoms with Crippen molar-refractivity contribution in [2.24, 2.45) is 0 Å². The van der Waals surface area contributed by atoms with Crippen molar-refractivity contribution < 1.29 is 23.4 Å². The second-order valence-electron chi connectivity index (χ2n) is 7.65. The third-order valence-corrected chi connectivity index (χ3v) is 7.19. The van der Waals surface area contributed by atoms with E-state index in [0.29, 0.717) is 34.4 Å². The van der Waals surface area contributed by atoms with E-state index in [0.717, 1.165) is 0 Å². The smallest absolute Gasteiger partial charge is 0.289 e. The number of aryl methyl sites for hydroxylation is 1. The first kappa shape index (κ1) is 22.7. The van der Waals surface area contributed by atoms with E-state index in [4.69, 9.17) is 16.3 Å². The van der Waals surface area contributed by atoms with E-state index >= 15 is 0 Å². The molecule has 2 aromatic rings. The fourth-order valence-corrected chi connectivity index (χ4v) is 5.15. The molecule has 2 amide bonds. The topological polar surface area (TPSA) is 150 Å². The van der Waals surface area contributed by atoms with Crippen molar-refractivity contribution >= 4 is 39.8 Å². The van der Waals surface area contributed by atoms with Crippen molar-refractivity contribution in [1.82, 2.24) is 25.6 Å². The molecule has 0 bridgehead atoms. The first-order chi connectivity index (χ1) is 15.1. The Bertz CT molecular complexity index is 1070. The summed E-state index contributed by atoms with van der Waals surface area (Å²) >= 11 is 5.96. The highest BCUT2D eigenvalue weighted by atomic mass is 35.5. The number of carbonyl (C=O) groups excluding carboxylic acids is 2. The van der Waals surface area contributed by atoms with Gasteiger partial charge in [0, 0.05) is 37.8 Å². The molecule has 11 nitrogen and oxygen atoms in total. The second kappa shape index (κ2) is 8.79. The van der Waals surface area contributed by atoms with Crippen LogP contribution in [0.3, 0.4) is 0 Å². The van der Waals surface area contributed by atoms with E-state index in [1.807, 2.05) is 0 Å². The van der Waals surface area contributed by atoms with Gasteiger partial charge in [0.15, 0.2) is 11.6 Å². The molecular weight excluding hydrogens is 460 g/mol. The van der Waals surface area contributed by atoms with Gasteiger partial charge in [0.05, 0.1) is 22.5 Å². The van der Waals surface area contributed by atoms with E-state index in [2.05, 4.69) is 25.6 Å². The summed E-state index contributed by atoms with van der Waals surface area (Å²) in [5.41, 5.74) is 1.22. The summed E-state index contributed by atoms with van der Waals surface area (Å²) in [5, 5.41) is 6.17. The van der Waals surface area contributed by atoms with E-state index in [9.17, 15) is 18.7 Å². The van der Waals surface area contributed by atoms with E-state index in [-0.39, 0.29) is 23.9 Å². The largest absolute Gasteiger partial charge is 0.487 e. The third kappa shape index (κ3) is 4.64. The summed E-state index contributed by atoms with van der Waals surface area (Å²) in [6.45, 7) is 2.09.